The lowest BCUT2D eigenvalue weighted by Gasteiger charge is -2.07. The van der Waals surface area contributed by atoms with Gasteiger partial charge in [-0.3, -0.25) is 30.6 Å². The summed E-state index contributed by atoms with van der Waals surface area (Å²) in [6, 6.07) is 16.9. The van der Waals surface area contributed by atoms with Crippen LogP contribution in [0.25, 0.3) is 21.7 Å². The van der Waals surface area contributed by atoms with Crippen LogP contribution in [0.5, 0.6) is 0 Å². The SMILES string of the molecule is CCCn1c(-c2ccc(C(=O)NNC(=O)c3ccccc3[N+](=O)[O-])s2)nc2ccccc21. The number of nitrogens with one attached hydrogen (secondary N) is 2. The Hall–Kier alpha value is -4.05. The van der Waals surface area contributed by atoms with Crippen LogP contribution in [0.4, 0.5) is 5.69 Å². The fourth-order valence-corrected chi connectivity index (χ4v) is 4.26. The maximum absolute atomic E-state index is 12.6. The van der Waals surface area contributed by atoms with Gasteiger partial charge in [0.05, 0.1) is 25.7 Å². The van der Waals surface area contributed by atoms with Gasteiger partial charge in [0.25, 0.3) is 17.5 Å². The average Bonchev–Trinajstić information content (AvgIpc) is 3.43. The molecule has 0 atom stereocenters. The largest absolute Gasteiger partial charge is 0.323 e. The van der Waals surface area contributed by atoms with Crippen LogP contribution in [-0.4, -0.2) is 26.3 Å². The van der Waals surface area contributed by atoms with Crippen molar-refractivity contribution in [2.45, 2.75) is 19.9 Å². The summed E-state index contributed by atoms with van der Waals surface area (Å²) in [5, 5.41) is 11.1. The highest BCUT2D eigenvalue weighted by Crippen LogP contribution is 2.30. The van der Waals surface area contributed by atoms with Gasteiger partial charge in [-0.25, -0.2) is 4.98 Å². The Morgan fingerprint density at radius 3 is 2.53 bits per heavy atom. The van der Waals surface area contributed by atoms with Gasteiger partial charge in [-0.2, -0.15) is 0 Å². The van der Waals surface area contributed by atoms with E-state index in [1.807, 2.05) is 30.3 Å². The molecule has 0 saturated carbocycles. The van der Waals surface area contributed by atoms with Crippen LogP contribution in [0.2, 0.25) is 0 Å². The third kappa shape index (κ3) is 4.08. The molecule has 0 unspecified atom stereocenters. The molecule has 10 heteroatoms. The second-order valence-electron chi connectivity index (χ2n) is 6.92. The minimum Gasteiger partial charge on any atom is -0.323 e. The van der Waals surface area contributed by atoms with E-state index in [0.717, 1.165) is 34.7 Å². The van der Waals surface area contributed by atoms with Crippen molar-refractivity contribution < 1.29 is 14.5 Å². The number of carbonyl (C=O) groups is 2. The highest BCUT2D eigenvalue weighted by atomic mass is 32.1. The van der Waals surface area contributed by atoms with Gasteiger partial charge < -0.3 is 4.57 Å². The number of imidazole rings is 1. The molecule has 2 amide bonds. The molecule has 2 N–H and O–H groups in total. The number of aryl methyl sites for hydroxylation is 1. The molecule has 0 bridgehead atoms. The summed E-state index contributed by atoms with van der Waals surface area (Å²) >= 11 is 1.25. The van der Waals surface area contributed by atoms with E-state index in [-0.39, 0.29) is 11.3 Å². The molecule has 32 heavy (non-hydrogen) atoms. The van der Waals surface area contributed by atoms with Gasteiger partial charge in [0.1, 0.15) is 5.56 Å². The second kappa shape index (κ2) is 8.98. The number of amides is 2. The van der Waals surface area contributed by atoms with E-state index in [1.165, 1.54) is 35.6 Å². The molecule has 2 heterocycles. The Bertz CT molecular complexity index is 1330. The van der Waals surface area contributed by atoms with Crippen LogP contribution in [0.3, 0.4) is 0 Å². The minimum absolute atomic E-state index is 0.141. The summed E-state index contributed by atoms with van der Waals surface area (Å²) < 4.78 is 2.12. The summed E-state index contributed by atoms with van der Waals surface area (Å²) in [6.07, 6.45) is 0.934. The van der Waals surface area contributed by atoms with Crippen molar-refractivity contribution in [2.24, 2.45) is 0 Å². The zero-order chi connectivity index (χ0) is 22.7. The fraction of sp³-hybridized carbons (Fsp3) is 0.136. The van der Waals surface area contributed by atoms with Crippen LogP contribution in [0, 0.1) is 10.1 Å². The second-order valence-corrected chi connectivity index (χ2v) is 8.01. The van der Waals surface area contributed by atoms with E-state index in [4.69, 9.17) is 4.98 Å². The molecule has 4 rings (SSSR count). The standard InChI is InChI=1S/C22H19N5O4S/c1-2-13-26-17-10-6-4-8-15(17)23-20(26)18-11-12-19(32-18)22(29)25-24-21(28)14-7-3-5-9-16(14)27(30)31/h3-12H,2,13H2,1H3,(H,24,28)(H,25,29). The summed E-state index contributed by atoms with van der Waals surface area (Å²) in [5.74, 6) is -0.514. The van der Waals surface area contributed by atoms with Crippen LogP contribution >= 0.6 is 11.3 Å². The van der Waals surface area contributed by atoms with Gasteiger partial charge in [0.2, 0.25) is 0 Å². The Morgan fingerprint density at radius 1 is 1.03 bits per heavy atom. The van der Waals surface area contributed by atoms with Crippen molar-refractivity contribution in [3.63, 3.8) is 0 Å². The first-order valence-corrected chi connectivity index (χ1v) is 10.7. The van der Waals surface area contributed by atoms with Gasteiger partial charge in [-0.1, -0.05) is 31.2 Å². The molecule has 0 saturated heterocycles. The molecule has 0 aliphatic heterocycles. The molecular weight excluding hydrogens is 430 g/mol. The number of aromatic nitrogens is 2. The van der Waals surface area contributed by atoms with Crippen molar-refractivity contribution in [1.82, 2.24) is 20.4 Å². The molecule has 4 aromatic rings. The number of hydrogen-bond acceptors (Lipinski definition) is 6. The summed E-state index contributed by atoms with van der Waals surface area (Å²) in [4.78, 5) is 41.2. The number of benzene rings is 2. The van der Waals surface area contributed by atoms with Crippen molar-refractivity contribution in [3.05, 3.63) is 81.2 Å². The van der Waals surface area contributed by atoms with Crippen molar-refractivity contribution in [2.75, 3.05) is 0 Å². The number of hydrogen-bond donors (Lipinski definition) is 2. The third-order valence-corrected chi connectivity index (χ3v) is 5.87. The van der Waals surface area contributed by atoms with E-state index in [1.54, 1.807) is 6.07 Å². The van der Waals surface area contributed by atoms with E-state index >= 15 is 0 Å². The Kier molecular flexibility index (Phi) is 5.95. The molecule has 0 fully saturated rings. The van der Waals surface area contributed by atoms with Crippen LogP contribution in [-0.2, 0) is 6.54 Å². The highest BCUT2D eigenvalue weighted by Gasteiger charge is 2.21. The normalized spacial score (nSPS) is 10.8. The number of thiophene rings is 1. The van der Waals surface area contributed by atoms with Gasteiger partial charge in [-0.15, -0.1) is 11.3 Å². The summed E-state index contributed by atoms with van der Waals surface area (Å²) in [6.45, 7) is 2.88. The molecule has 2 aromatic carbocycles. The van der Waals surface area contributed by atoms with Crippen LogP contribution in [0.15, 0.2) is 60.7 Å². The molecule has 162 valence electrons. The molecular formula is C22H19N5O4S. The predicted octanol–water partition coefficient (Wildman–Crippen LogP) is 4.16. The zero-order valence-corrected chi connectivity index (χ0v) is 17.9. The number of fused-ring (bicyclic) bond motifs is 1. The Labute approximate surface area is 186 Å². The molecule has 0 spiro atoms. The number of hydrazine groups is 1. The zero-order valence-electron chi connectivity index (χ0n) is 17.1. The maximum atomic E-state index is 12.6. The van der Waals surface area contributed by atoms with Gasteiger partial charge in [-0.05, 0) is 36.8 Å². The van der Waals surface area contributed by atoms with Gasteiger partial charge >= 0.3 is 0 Å². The number of para-hydroxylation sites is 3. The lowest BCUT2D eigenvalue weighted by molar-refractivity contribution is -0.385. The van der Waals surface area contributed by atoms with Crippen molar-refractivity contribution in [3.8, 4) is 10.7 Å². The average molecular weight is 449 g/mol. The molecule has 0 aliphatic rings. The van der Waals surface area contributed by atoms with E-state index < -0.39 is 16.7 Å². The number of nitro groups is 1. The topological polar surface area (TPSA) is 119 Å². The summed E-state index contributed by atoms with van der Waals surface area (Å²) in [5.41, 5.74) is 5.98. The third-order valence-electron chi connectivity index (χ3n) is 4.79. The van der Waals surface area contributed by atoms with Crippen molar-refractivity contribution >= 4 is 39.9 Å². The monoisotopic (exact) mass is 449 g/mol. The first-order chi connectivity index (χ1) is 15.5. The maximum Gasteiger partial charge on any atom is 0.282 e. The Morgan fingerprint density at radius 2 is 1.75 bits per heavy atom. The number of carbonyl (C=O) groups excluding carboxylic acids is 2. The molecule has 2 aromatic heterocycles. The first-order valence-electron chi connectivity index (χ1n) is 9.89. The van der Waals surface area contributed by atoms with E-state index in [2.05, 4.69) is 22.3 Å². The van der Waals surface area contributed by atoms with E-state index in [9.17, 15) is 19.7 Å². The molecule has 0 aliphatic carbocycles. The first kappa shape index (κ1) is 21.2. The van der Waals surface area contributed by atoms with Gasteiger partial charge in [0, 0.05) is 12.6 Å². The quantitative estimate of drug-likeness (QED) is 0.338. The van der Waals surface area contributed by atoms with Crippen LogP contribution < -0.4 is 10.9 Å². The molecule has 9 nitrogen and oxygen atoms in total. The van der Waals surface area contributed by atoms with Gasteiger partial charge in [0.15, 0.2) is 5.82 Å². The van der Waals surface area contributed by atoms with E-state index in [0.29, 0.717) is 4.88 Å². The number of nitro benzene ring substituents is 1. The molecule has 0 radical (unpaired) electrons. The number of rotatable bonds is 6. The minimum atomic E-state index is -0.771. The number of nitrogens with zero attached hydrogens (tertiary/aromatic N) is 3. The lowest BCUT2D eigenvalue weighted by atomic mass is 10.2. The summed E-state index contributed by atoms with van der Waals surface area (Å²) in [7, 11) is 0. The predicted molar refractivity (Wildman–Crippen MR) is 121 cm³/mol. The lowest BCUT2D eigenvalue weighted by Crippen LogP contribution is -2.41. The van der Waals surface area contributed by atoms with Crippen LogP contribution in [0.1, 0.15) is 33.4 Å². The smallest absolute Gasteiger partial charge is 0.282 e. The Balaban J connectivity index is 1.52. The highest BCUT2D eigenvalue weighted by molar-refractivity contribution is 7.17. The van der Waals surface area contributed by atoms with Crippen molar-refractivity contribution in [1.29, 1.82) is 0 Å². The fourth-order valence-electron chi connectivity index (χ4n) is 3.36.